The maximum atomic E-state index is 5.74. The number of hydrogen-bond donors (Lipinski definition) is 1. The second-order valence-electron chi connectivity index (χ2n) is 5.89. The topological polar surface area (TPSA) is 66.0 Å². The van der Waals surface area contributed by atoms with Crippen LogP contribution < -0.4 is 10.5 Å². The number of rotatable bonds is 6. The Morgan fingerprint density at radius 1 is 1.14 bits per heavy atom. The highest BCUT2D eigenvalue weighted by atomic mass is 16.5. The minimum Gasteiger partial charge on any atom is -0.493 e. The number of hydrogen-bond acceptors (Lipinski definition) is 4. The van der Waals surface area contributed by atoms with E-state index in [0.717, 1.165) is 29.4 Å². The summed E-state index contributed by atoms with van der Waals surface area (Å²) in [4.78, 5) is 0. The van der Waals surface area contributed by atoms with E-state index in [4.69, 9.17) is 10.5 Å². The lowest BCUT2D eigenvalue weighted by Crippen LogP contribution is -2.08. The summed E-state index contributed by atoms with van der Waals surface area (Å²) in [5.74, 6) is 1.70. The first kappa shape index (κ1) is 15.5. The van der Waals surface area contributed by atoms with Gasteiger partial charge in [-0.1, -0.05) is 32.9 Å². The summed E-state index contributed by atoms with van der Waals surface area (Å²) in [7, 11) is 0. The van der Waals surface area contributed by atoms with Crippen molar-refractivity contribution in [2.24, 2.45) is 11.7 Å². The predicted octanol–water partition coefficient (Wildman–Crippen LogP) is 2.88. The molecule has 5 nitrogen and oxygen atoms in total. The van der Waals surface area contributed by atoms with E-state index in [2.05, 4.69) is 38.0 Å². The predicted molar refractivity (Wildman–Crippen MR) is 83.7 cm³/mol. The van der Waals surface area contributed by atoms with Crippen LogP contribution in [-0.4, -0.2) is 21.6 Å². The van der Waals surface area contributed by atoms with Crippen molar-refractivity contribution in [3.63, 3.8) is 0 Å². The van der Waals surface area contributed by atoms with Crippen LogP contribution in [0.15, 0.2) is 24.3 Å². The number of benzene rings is 1. The zero-order chi connectivity index (χ0) is 15.4. The zero-order valence-corrected chi connectivity index (χ0v) is 13.2. The van der Waals surface area contributed by atoms with Gasteiger partial charge in [-0.2, -0.15) is 0 Å². The van der Waals surface area contributed by atoms with Crippen molar-refractivity contribution in [2.45, 2.75) is 40.2 Å². The summed E-state index contributed by atoms with van der Waals surface area (Å²) in [5, 5.41) is 8.40. The molecule has 0 aliphatic rings. The van der Waals surface area contributed by atoms with Crippen LogP contribution in [-0.2, 0) is 6.54 Å². The highest BCUT2D eigenvalue weighted by Gasteiger charge is 2.16. The van der Waals surface area contributed by atoms with Gasteiger partial charge in [0, 0.05) is 6.54 Å². The van der Waals surface area contributed by atoms with E-state index >= 15 is 0 Å². The Balaban J connectivity index is 2.24. The van der Waals surface area contributed by atoms with Crippen LogP contribution in [0.5, 0.6) is 5.75 Å². The molecule has 0 saturated heterocycles. The molecule has 114 valence electrons. The molecule has 1 aromatic heterocycles. The van der Waals surface area contributed by atoms with Gasteiger partial charge in [0.1, 0.15) is 11.4 Å². The SMILES string of the molecule is CC(C)COc1ccc(-n2nnc(CN)c2C(C)C)cc1. The highest BCUT2D eigenvalue weighted by molar-refractivity contribution is 5.39. The molecule has 2 rings (SSSR count). The maximum Gasteiger partial charge on any atom is 0.119 e. The average molecular weight is 288 g/mol. The van der Waals surface area contributed by atoms with Crippen molar-refractivity contribution in [2.75, 3.05) is 6.61 Å². The van der Waals surface area contributed by atoms with Crippen LogP contribution in [0.2, 0.25) is 0 Å². The van der Waals surface area contributed by atoms with Gasteiger partial charge in [-0.05, 0) is 36.1 Å². The molecule has 5 heteroatoms. The van der Waals surface area contributed by atoms with Gasteiger partial charge < -0.3 is 10.5 Å². The normalized spacial score (nSPS) is 11.4. The summed E-state index contributed by atoms with van der Waals surface area (Å²) < 4.78 is 7.56. The van der Waals surface area contributed by atoms with Crippen molar-refractivity contribution in [1.82, 2.24) is 15.0 Å². The van der Waals surface area contributed by atoms with Gasteiger partial charge in [0.2, 0.25) is 0 Å². The van der Waals surface area contributed by atoms with Gasteiger partial charge in [-0.3, -0.25) is 0 Å². The molecular weight excluding hydrogens is 264 g/mol. The summed E-state index contributed by atoms with van der Waals surface area (Å²) in [6.45, 7) is 9.63. The molecule has 2 aromatic rings. The third kappa shape index (κ3) is 3.61. The standard InChI is InChI=1S/C16H24N4O/c1-11(2)10-21-14-7-5-13(6-8-14)20-16(12(3)4)15(9-17)18-19-20/h5-8,11-12H,9-10,17H2,1-4H3. The van der Waals surface area contributed by atoms with Gasteiger partial charge in [-0.25, -0.2) is 4.68 Å². The molecule has 0 fully saturated rings. The van der Waals surface area contributed by atoms with Crippen LogP contribution in [0, 0.1) is 5.92 Å². The number of nitrogens with two attached hydrogens (primary N) is 1. The van der Waals surface area contributed by atoms with E-state index in [1.54, 1.807) is 0 Å². The lowest BCUT2D eigenvalue weighted by atomic mass is 10.1. The molecule has 0 unspecified atom stereocenters. The largest absolute Gasteiger partial charge is 0.493 e. The molecule has 0 spiro atoms. The first-order chi connectivity index (χ1) is 10.0. The Labute approximate surface area is 126 Å². The fourth-order valence-electron chi connectivity index (χ4n) is 2.18. The monoisotopic (exact) mass is 288 g/mol. The van der Waals surface area contributed by atoms with Crippen LogP contribution in [0.4, 0.5) is 0 Å². The van der Waals surface area contributed by atoms with Gasteiger partial charge in [-0.15, -0.1) is 5.10 Å². The minimum atomic E-state index is 0.315. The molecule has 2 N–H and O–H groups in total. The fraction of sp³-hybridized carbons (Fsp3) is 0.500. The first-order valence-electron chi connectivity index (χ1n) is 7.40. The fourth-order valence-corrected chi connectivity index (χ4v) is 2.18. The van der Waals surface area contributed by atoms with Crippen molar-refractivity contribution in [3.8, 4) is 11.4 Å². The molecule has 0 aliphatic carbocycles. The van der Waals surface area contributed by atoms with Gasteiger partial charge in [0.05, 0.1) is 18.0 Å². The Morgan fingerprint density at radius 2 is 1.81 bits per heavy atom. The van der Waals surface area contributed by atoms with E-state index in [1.165, 1.54) is 0 Å². The third-order valence-electron chi connectivity index (χ3n) is 3.18. The Kier molecular flexibility index (Phi) is 4.96. The quantitative estimate of drug-likeness (QED) is 0.887. The van der Waals surface area contributed by atoms with Crippen LogP contribution in [0.3, 0.4) is 0 Å². The van der Waals surface area contributed by atoms with E-state index < -0.39 is 0 Å². The van der Waals surface area contributed by atoms with Gasteiger partial charge in [0.15, 0.2) is 0 Å². The molecule has 0 amide bonds. The van der Waals surface area contributed by atoms with Crippen LogP contribution in [0.1, 0.15) is 45.0 Å². The molecule has 0 radical (unpaired) electrons. The lowest BCUT2D eigenvalue weighted by molar-refractivity contribution is 0.271. The van der Waals surface area contributed by atoms with E-state index in [-0.39, 0.29) is 0 Å². The molecule has 0 bridgehead atoms. The lowest BCUT2D eigenvalue weighted by Gasteiger charge is -2.12. The van der Waals surface area contributed by atoms with Crippen molar-refractivity contribution in [3.05, 3.63) is 35.7 Å². The van der Waals surface area contributed by atoms with Crippen molar-refractivity contribution < 1.29 is 4.74 Å². The zero-order valence-electron chi connectivity index (χ0n) is 13.2. The minimum absolute atomic E-state index is 0.315. The second kappa shape index (κ2) is 6.72. The first-order valence-corrected chi connectivity index (χ1v) is 7.40. The highest BCUT2D eigenvalue weighted by Crippen LogP contribution is 2.22. The Hall–Kier alpha value is -1.88. The smallest absolute Gasteiger partial charge is 0.119 e. The maximum absolute atomic E-state index is 5.74. The van der Waals surface area contributed by atoms with Crippen molar-refractivity contribution in [1.29, 1.82) is 0 Å². The molecule has 21 heavy (non-hydrogen) atoms. The van der Waals surface area contributed by atoms with E-state index in [1.807, 2.05) is 28.9 Å². The Bertz CT molecular complexity index is 572. The molecule has 0 aliphatic heterocycles. The molecule has 1 aromatic carbocycles. The van der Waals surface area contributed by atoms with Gasteiger partial charge in [0.25, 0.3) is 0 Å². The molecular formula is C16H24N4O. The van der Waals surface area contributed by atoms with E-state index in [0.29, 0.717) is 18.4 Å². The van der Waals surface area contributed by atoms with Crippen LogP contribution in [0.25, 0.3) is 5.69 Å². The summed E-state index contributed by atoms with van der Waals surface area (Å²) in [6.07, 6.45) is 0. The summed E-state index contributed by atoms with van der Waals surface area (Å²) >= 11 is 0. The number of nitrogens with zero attached hydrogens (tertiary/aromatic N) is 3. The average Bonchev–Trinajstić information content (AvgIpc) is 2.89. The van der Waals surface area contributed by atoms with E-state index in [9.17, 15) is 0 Å². The number of ether oxygens (including phenoxy) is 1. The van der Waals surface area contributed by atoms with Gasteiger partial charge >= 0.3 is 0 Å². The molecule has 1 heterocycles. The second-order valence-corrected chi connectivity index (χ2v) is 5.89. The molecule has 0 atom stereocenters. The Morgan fingerprint density at radius 3 is 2.33 bits per heavy atom. The molecule has 0 saturated carbocycles. The number of aromatic nitrogens is 3. The van der Waals surface area contributed by atoms with Crippen LogP contribution >= 0.6 is 0 Å². The third-order valence-corrected chi connectivity index (χ3v) is 3.18. The summed E-state index contributed by atoms with van der Waals surface area (Å²) in [5.41, 5.74) is 8.63. The summed E-state index contributed by atoms with van der Waals surface area (Å²) in [6, 6.07) is 7.92. The van der Waals surface area contributed by atoms with Crippen molar-refractivity contribution >= 4 is 0 Å².